The molecule has 2 aromatic carbocycles. The van der Waals surface area contributed by atoms with E-state index in [1.165, 1.54) is 25.9 Å². The van der Waals surface area contributed by atoms with Gasteiger partial charge in [-0.05, 0) is 50.2 Å². The summed E-state index contributed by atoms with van der Waals surface area (Å²) >= 11 is 0. The molecule has 216 valence electrons. The molecule has 0 saturated heterocycles. The molecule has 0 aliphatic heterocycles. The van der Waals surface area contributed by atoms with E-state index < -0.39 is 72.3 Å². The smallest absolute Gasteiger partial charge is 0.326 e. The van der Waals surface area contributed by atoms with Gasteiger partial charge in [-0.15, -0.1) is 0 Å². The van der Waals surface area contributed by atoms with Crippen molar-refractivity contribution in [3.05, 3.63) is 58.7 Å². The van der Waals surface area contributed by atoms with Gasteiger partial charge in [-0.2, -0.15) is 26.3 Å². The second-order valence-electron chi connectivity index (χ2n) is 9.43. The number of alkyl halides is 8. The highest BCUT2D eigenvalue weighted by Crippen LogP contribution is 2.38. The topological polar surface area (TPSA) is 52.7 Å². The van der Waals surface area contributed by atoms with Gasteiger partial charge in [0.2, 0.25) is 11.8 Å². The van der Waals surface area contributed by atoms with Gasteiger partial charge in [-0.25, -0.2) is 8.78 Å². The number of anilines is 2. The van der Waals surface area contributed by atoms with E-state index in [0.717, 1.165) is 16.0 Å². The third kappa shape index (κ3) is 8.38. The number of carbonyl (C=O) groups is 2. The fourth-order valence-electron chi connectivity index (χ4n) is 4.30. The van der Waals surface area contributed by atoms with Crippen molar-refractivity contribution in [1.82, 2.24) is 4.90 Å². The zero-order valence-corrected chi connectivity index (χ0v) is 21.8. The van der Waals surface area contributed by atoms with Crippen LogP contribution in [0.15, 0.2) is 36.4 Å². The number of aryl methyl sites for hydroxylation is 2. The fraction of sp³-hybridized carbons (Fsp3) is 0.462. The molecule has 5 nitrogen and oxygen atoms in total. The Morgan fingerprint density at radius 2 is 1.36 bits per heavy atom. The van der Waals surface area contributed by atoms with E-state index in [1.54, 1.807) is 32.0 Å². The molecule has 2 atom stereocenters. The summed E-state index contributed by atoms with van der Waals surface area (Å²) in [5.74, 6) is -4.30. The average Bonchev–Trinajstić information content (AvgIpc) is 2.79. The molecule has 2 rings (SSSR count). The molecule has 0 radical (unpaired) electrons. The molecule has 13 heteroatoms. The Morgan fingerprint density at radius 1 is 0.872 bits per heavy atom. The Bertz CT molecular complexity index is 1130. The molecular weight excluding hydrogens is 538 g/mol. The SMILES string of the molecule is Cc1cccc(C)c1N(C)C(=O)C(C)C(CN(C)CC(F)F)C(=O)Nc1cc(C(F)(F)F)cc(C(F)(F)F)c1. The number of hydrogen-bond acceptors (Lipinski definition) is 3. The van der Waals surface area contributed by atoms with Crippen LogP contribution in [0.1, 0.15) is 29.2 Å². The van der Waals surface area contributed by atoms with Crippen LogP contribution in [-0.4, -0.2) is 50.3 Å². The predicted molar refractivity (Wildman–Crippen MR) is 131 cm³/mol. The molecule has 0 saturated carbocycles. The van der Waals surface area contributed by atoms with Crippen molar-refractivity contribution in [3.8, 4) is 0 Å². The largest absolute Gasteiger partial charge is 0.416 e. The molecule has 0 spiro atoms. The minimum Gasteiger partial charge on any atom is -0.326 e. The van der Waals surface area contributed by atoms with Crippen LogP contribution < -0.4 is 10.2 Å². The van der Waals surface area contributed by atoms with Gasteiger partial charge >= 0.3 is 12.4 Å². The molecule has 0 bridgehead atoms. The Hall–Kier alpha value is -3.22. The van der Waals surface area contributed by atoms with E-state index in [0.29, 0.717) is 17.8 Å². The molecule has 2 unspecified atom stereocenters. The van der Waals surface area contributed by atoms with E-state index in [4.69, 9.17) is 0 Å². The Kier molecular flexibility index (Phi) is 10.1. The van der Waals surface area contributed by atoms with Gasteiger partial charge in [0.25, 0.3) is 6.43 Å². The summed E-state index contributed by atoms with van der Waals surface area (Å²) in [6.45, 7) is 3.65. The van der Waals surface area contributed by atoms with Crippen LogP contribution in [0.4, 0.5) is 46.5 Å². The van der Waals surface area contributed by atoms with E-state index in [1.807, 2.05) is 5.32 Å². The number of nitrogens with zero attached hydrogens (tertiary/aromatic N) is 2. The molecular formula is C26H29F8N3O2. The van der Waals surface area contributed by atoms with Gasteiger partial charge in [-0.1, -0.05) is 25.1 Å². The first-order valence-electron chi connectivity index (χ1n) is 11.7. The van der Waals surface area contributed by atoms with Crippen molar-refractivity contribution in [2.45, 2.75) is 39.5 Å². The third-order valence-electron chi connectivity index (χ3n) is 6.25. The maximum atomic E-state index is 13.4. The minimum absolute atomic E-state index is 0.0881. The Labute approximate surface area is 220 Å². The molecule has 1 N–H and O–H groups in total. The molecule has 2 aromatic rings. The first kappa shape index (κ1) is 32.0. The number of hydrogen-bond donors (Lipinski definition) is 1. The lowest BCUT2D eigenvalue weighted by Gasteiger charge is -2.31. The van der Waals surface area contributed by atoms with Crippen LogP contribution in [0.3, 0.4) is 0 Å². The summed E-state index contributed by atoms with van der Waals surface area (Å²) in [6, 6.07) is 5.86. The van der Waals surface area contributed by atoms with Gasteiger partial charge in [-0.3, -0.25) is 9.59 Å². The summed E-state index contributed by atoms with van der Waals surface area (Å²) in [5, 5.41) is 2.04. The lowest BCUT2D eigenvalue weighted by Crippen LogP contribution is -2.45. The standard InChI is InChI=1S/C26H29F8N3O2/c1-14-7-6-8-15(2)22(14)37(5)24(39)16(3)20(12-36(4)13-21(27)28)23(38)35-19-10-17(25(29,30)31)9-18(11-19)26(32,33)34/h6-11,16,20-21H,12-13H2,1-5H3,(H,35,38). The predicted octanol–water partition coefficient (Wildman–Crippen LogP) is 6.39. The Balaban J connectivity index is 2.47. The summed E-state index contributed by atoms with van der Waals surface area (Å²) in [5.41, 5.74) is -2.07. The van der Waals surface area contributed by atoms with Gasteiger partial charge in [0.15, 0.2) is 0 Å². The van der Waals surface area contributed by atoms with Gasteiger partial charge < -0.3 is 15.1 Å². The molecule has 0 fully saturated rings. The van der Waals surface area contributed by atoms with E-state index in [-0.39, 0.29) is 6.07 Å². The van der Waals surface area contributed by atoms with Crippen LogP contribution >= 0.6 is 0 Å². The number of halogens is 8. The van der Waals surface area contributed by atoms with Crippen molar-refractivity contribution in [3.63, 3.8) is 0 Å². The van der Waals surface area contributed by atoms with Crippen LogP contribution in [0, 0.1) is 25.7 Å². The van der Waals surface area contributed by atoms with Crippen LogP contribution in [-0.2, 0) is 21.9 Å². The van der Waals surface area contributed by atoms with Crippen LogP contribution in [0.25, 0.3) is 0 Å². The van der Waals surface area contributed by atoms with Crippen molar-refractivity contribution in [2.24, 2.45) is 11.8 Å². The molecule has 0 heterocycles. The van der Waals surface area contributed by atoms with E-state index in [9.17, 15) is 44.7 Å². The molecule has 0 aliphatic rings. The number of nitrogens with one attached hydrogen (secondary N) is 1. The molecule has 0 aliphatic carbocycles. The zero-order valence-electron chi connectivity index (χ0n) is 21.8. The maximum Gasteiger partial charge on any atom is 0.416 e. The normalized spacial score (nSPS) is 13.9. The monoisotopic (exact) mass is 567 g/mol. The zero-order chi connectivity index (χ0) is 29.9. The minimum atomic E-state index is -5.14. The summed E-state index contributed by atoms with van der Waals surface area (Å²) in [4.78, 5) is 29.0. The number of carbonyl (C=O) groups excluding carboxylic acids is 2. The number of benzene rings is 2. The molecule has 39 heavy (non-hydrogen) atoms. The number of para-hydroxylation sites is 1. The first-order valence-corrected chi connectivity index (χ1v) is 11.7. The van der Waals surface area contributed by atoms with E-state index in [2.05, 4.69) is 0 Å². The highest BCUT2D eigenvalue weighted by molar-refractivity contribution is 6.01. The average molecular weight is 568 g/mol. The van der Waals surface area contributed by atoms with Crippen molar-refractivity contribution < 1.29 is 44.7 Å². The highest BCUT2D eigenvalue weighted by atomic mass is 19.4. The van der Waals surface area contributed by atoms with Crippen molar-refractivity contribution in [2.75, 3.05) is 37.4 Å². The molecule has 2 amide bonds. The lowest BCUT2D eigenvalue weighted by molar-refractivity contribution is -0.143. The van der Waals surface area contributed by atoms with E-state index >= 15 is 0 Å². The van der Waals surface area contributed by atoms with Crippen molar-refractivity contribution >= 4 is 23.2 Å². The lowest BCUT2D eigenvalue weighted by atomic mass is 9.90. The first-order chi connectivity index (χ1) is 17.8. The number of rotatable bonds is 9. The number of amides is 2. The summed E-state index contributed by atoms with van der Waals surface area (Å²) < 4.78 is 106. The van der Waals surface area contributed by atoms with Crippen LogP contribution in [0.5, 0.6) is 0 Å². The quantitative estimate of drug-likeness (QED) is 0.358. The van der Waals surface area contributed by atoms with Crippen LogP contribution in [0.2, 0.25) is 0 Å². The molecule has 0 aromatic heterocycles. The Morgan fingerprint density at radius 3 is 1.79 bits per heavy atom. The maximum absolute atomic E-state index is 13.4. The fourth-order valence-corrected chi connectivity index (χ4v) is 4.30. The second kappa shape index (κ2) is 12.3. The van der Waals surface area contributed by atoms with Gasteiger partial charge in [0, 0.05) is 30.9 Å². The highest BCUT2D eigenvalue weighted by Gasteiger charge is 2.38. The summed E-state index contributed by atoms with van der Waals surface area (Å²) in [6.07, 6.45) is -13.1. The van der Waals surface area contributed by atoms with Gasteiger partial charge in [0.05, 0.1) is 23.6 Å². The second-order valence-corrected chi connectivity index (χ2v) is 9.43. The van der Waals surface area contributed by atoms with Gasteiger partial charge in [0.1, 0.15) is 0 Å². The van der Waals surface area contributed by atoms with Crippen molar-refractivity contribution in [1.29, 1.82) is 0 Å². The third-order valence-corrected chi connectivity index (χ3v) is 6.25. The summed E-state index contributed by atoms with van der Waals surface area (Å²) in [7, 11) is 2.71.